The second-order valence-electron chi connectivity index (χ2n) is 3.91. The van der Waals surface area contributed by atoms with Gasteiger partial charge in [0, 0.05) is 6.07 Å². The zero-order valence-corrected chi connectivity index (χ0v) is 9.88. The minimum absolute atomic E-state index is 0.434. The van der Waals surface area contributed by atoms with E-state index in [0.29, 0.717) is 6.07 Å². The number of halogens is 4. The number of hydrogen-bond acceptors (Lipinski definition) is 2. The first-order valence-corrected chi connectivity index (χ1v) is 5.40. The van der Waals surface area contributed by atoms with Gasteiger partial charge in [-0.3, -0.25) is 4.79 Å². The minimum atomic E-state index is -1.28. The molecule has 3 N–H and O–H groups in total. The molecule has 1 amide bonds. The zero-order chi connectivity index (χ0) is 14.9. The Morgan fingerprint density at radius 3 is 2.40 bits per heavy atom. The first-order valence-electron chi connectivity index (χ1n) is 5.40. The van der Waals surface area contributed by atoms with E-state index >= 15 is 0 Å². The lowest BCUT2D eigenvalue weighted by molar-refractivity contribution is 0.102. The van der Waals surface area contributed by atoms with Gasteiger partial charge in [0.25, 0.3) is 5.91 Å². The molecule has 0 aliphatic heterocycles. The average molecular weight is 284 g/mol. The van der Waals surface area contributed by atoms with E-state index in [1.165, 1.54) is 6.07 Å². The molecule has 20 heavy (non-hydrogen) atoms. The highest BCUT2D eigenvalue weighted by Gasteiger charge is 2.17. The molecule has 0 aliphatic rings. The lowest BCUT2D eigenvalue weighted by Gasteiger charge is -2.08. The van der Waals surface area contributed by atoms with Gasteiger partial charge in [-0.05, 0) is 18.2 Å². The van der Waals surface area contributed by atoms with Crippen LogP contribution < -0.4 is 11.1 Å². The fourth-order valence-corrected chi connectivity index (χ4v) is 1.53. The summed E-state index contributed by atoms with van der Waals surface area (Å²) < 4.78 is 52.7. The van der Waals surface area contributed by atoms with Crippen molar-refractivity contribution in [2.75, 3.05) is 11.1 Å². The number of anilines is 2. The van der Waals surface area contributed by atoms with E-state index in [4.69, 9.17) is 5.73 Å². The number of amides is 1. The van der Waals surface area contributed by atoms with Gasteiger partial charge in [-0.25, -0.2) is 17.6 Å². The van der Waals surface area contributed by atoms with Crippen LogP contribution in [0.15, 0.2) is 30.3 Å². The summed E-state index contributed by atoms with van der Waals surface area (Å²) in [6.07, 6.45) is 0. The van der Waals surface area contributed by atoms with Crippen molar-refractivity contribution in [1.82, 2.24) is 0 Å². The van der Waals surface area contributed by atoms with Gasteiger partial charge in [0.1, 0.15) is 11.6 Å². The first-order chi connectivity index (χ1) is 9.40. The molecule has 0 saturated heterocycles. The topological polar surface area (TPSA) is 55.1 Å². The van der Waals surface area contributed by atoms with Gasteiger partial charge in [0.2, 0.25) is 0 Å². The van der Waals surface area contributed by atoms with Gasteiger partial charge >= 0.3 is 0 Å². The summed E-state index contributed by atoms with van der Waals surface area (Å²) in [5, 5.41) is 1.98. The van der Waals surface area contributed by atoms with Gasteiger partial charge in [-0.1, -0.05) is 6.07 Å². The van der Waals surface area contributed by atoms with Crippen LogP contribution in [0.1, 0.15) is 10.4 Å². The van der Waals surface area contributed by atoms with Crippen LogP contribution >= 0.6 is 0 Å². The van der Waals surface area contributed by atoms with Gasteiger partial charge in [0.15, 0.2) is 11.6 Å². The molecular formula is C13H8F4N2O. The largest absolute Gasteiger partial charge is 0.396 e. The molecule has 0 fully saturated rings. The number of carbonyl (C=O) groups excluding carboxylic acids is 1. The molecule has 0 unspecified atom stereocenters. The molecule has 7 heteroatoms. The molecule has 0 saturated carbocycles. The minimum Gasteiger partial charge on any atom is -0.396 e. The highest BCUT2D eigenvalue weighted by molar-refractivity contribution is 6.05. The molecule has 2 aromatic carbocycles. The number of hydrogen-bond donors (Lipinski definition) is 2. The van der Waals surface area contributed by atoms with Crippen molar-refractivity contribution in [3.8, 4) is 0 Å². The number of nitrogens with two attached hydrogens (primary N) is 1. The number of rotatable bonds is 2. The summed E-state index contributed by atoms with van der Waals surface area (Å²) in [5.41, 5.74) is 3.75. The molecule has 0 spiro atoms. The number of benzene rings is 2. The number of nitrogen functional groups attached to an aromatic ring is 1. The molecule has 0 atom stereocenters. The van der Waals surface area contributed by atoms with E-state index < -0.39 is 46.1 Å². The van der Waals surface area contributed by atoms with Crippen molar-refractivity contribution in [1.29, 1.82) is 0 Å². The van der Waals surface area contributed by atoms with Crippen LogP contribution in [0.25, 0.3) is 0 Å². The highest BCUT2D eigenvalue weighted by Crippen LogP contribution is 2.20. The first kappa shape index (κ1) is 13.9. The maximum Gasteiger partial charge on any atom is 0.258 e. The van der Waals surface area contributed by atoms with E-state index in [-0.39, 0.29) is 0 Å². The van der Waals surface area contributed by atoms with E-state index in [0.717, 1.165) is 18.2 Å². The zero-order valence-electron chi connectivity index (χ0n) is 9.88. The van der Waals surface area contributed by atoms with Gasteiger partial charge in [0.05, 0.1) is 16.9 Å². The van der Waals surface area contributed by atoms with Crippen molar-refractivity contribution in [3.63, 3.8) is 0 Å². The van der Waals surface area contributed by atoms with Crippen LogP contribution in [0.2, 0.25) is 0 Å². The summed E-state index contributed by atoms with van der Waals surface area (Å²) in [7, 11) is 0. The van der Waals surface area contributed by atoms with Crippen molar-refractivity contribution >= 4 is 17.3 Å². The van der Waals surface area contributed by atoms with E-state index in [2.05, 4.69) is 0 Å². The Morgan fingerprint density at radius 1 is 1.00 bits per heavy atom. The Morgan fingerprint density at radius 2 is 1.70 bits per heavy atom. The van der Waals surface area contributed by atoms with E-state index in [1.54, 1.807) is 0 Å². The summed E-state index contributed by atoms with van der Waals surface area (Å²) in [4.78, 5) is 11.7. The predicted octanol–water partition coefficient (Wildman–Crippen LogP) is 3.08. The van der Waals surface area contributed by atoms with Crippen LogP contribution in [0, 0.1) is 23.3 Å². The lowest BCUT2D eigenvalue weighted by atomic mass is 10.1. The smallest absolute Gasteiger partial charge is 0.258 e. The summed E-state index contributed by atoms with van der Waals surface area (Å²) in [6, 6.07) is 4.34. The molecular weight excluding hydrogens is 276 g/mol. The molecule has 2 rings (SSSR count). The molecule has 2 aromatic rings. The number of carbonyl (C=O) groups is 1. The molecule has 0 heterocycles. The highest BCUT2D eigenvalue weighted by atomic mass is 19.2. The van der Waals surface area contributed by atoms with Crippen molar-refractivity contribution in [2.45, 2.75) is 0 Å². The Bertz CT molecular complexity index is 688. The standard InChI is InChI=1S/C13H8F4N2O/c14-7-2-1-3-11(12(7)17)19-13(20)6-4-10(18)9(16)5-8(6)15/h1-5H,18H2,(H,19,20). The molecule has 0 aromatic heterocycles. The quantitative estimate of drug-likeness (QED) is 0.657. The third-order valence-electron chi connectivity index (χ3n) is 2.53. The predicted molar refractivity (Wildman–Crippen MR) is 65.1 cm³/mol. The normalized spacial score (nSPS) is 10.4. The van der Waals surface area contributed by atoms with Crippen LogP contribution in [0.4, 0.5) is 28.9 Å². The van der Waals surface area contributed by atoms with Crippen LogP contribution in [0.5, 0.6) is 0 Å². The Kier molecular flexibility index (Phi) is 3.60. The Hall–Kier alpha value is -2.57. The molecule has 0 radical (unpaired) electrons. The maximum absolute atomic E-state index is 13.4. The van der Waals surface area contributed by atoms with Crippen molar-refractivity contribution in [3.05, 3.63) is 59.2 Å². The maximum atomic E-state index is 13.4. The Balaban J connectivity index is 2.33. The monoisotopic (exact) mass is 284 g/mol. The fourth-order valence-electron chi connectivity index (χ4n) is 1.53. The fraction of sp³-hybridized carbons (Fsp3) is 0. The van der Waals surface area contributed by atoms with Crippen molar-refractivity contribution < 1.29 is 22.4 Å². The number of nitrogens with one attached hydrogen (secondary N) is 1. The Labute approximate surface area is 111 Å². The lowest BCUT2D eigenvalue weighted by Crippen LogP contribution is -2.16. The molecule has 104 valence electrons. The van der Waals surface area contributed by atoms with E-state index in [1.807, 2.05) is 5.32 Å². The van der Waals surface area contributed by atoms with Gasteiger partial charge in [-0.15, -0.1) is 0 Å². The SMILES string of the molecule is Nc1cc(C(=O)Nc2cccc(F)c2F)c(F)cc1F. The van der Waals surface area contributed by atoms with Crippen LogP contribution in [0.3, 0.4) is 0 Å². The molecule has 0 bridgehead atoms. The summed E-state index contributed by atoms with van der Waals surface area (Å²) in [5.74, 6) is -5.70. The summed E-state index contributed by atoms with van der Waals surface area (Å²) >= 11 is 0. The second-order valence-corrected chi connectivity index (χ2v) is 3.91. The third kappa shape index (κ3) is 2.56. The van der Waals surface area contributed by atoms with Crippen molar-refractivity contribution in [2.24, 2.45) is 0 Å². The second kappa shape index (κ2) is 5.20. The van der Waals surface area contributed by atoms with Crippen LogP contribution in [-0.2, 0) is 0 Å². The van der Waals surface area contributed by atoms with Gasteiger partial charge in [-0.2, -0.15) is 0 Å². The molecule has 3 nitrogen and oxygen atoms in total. The van der Waals surface area contributed by atoms with Crippen LogP contribution in [-0.4, -0.2) is 5.91 Å². The van der Waals surface area contributed by atoms with Gasteiger partial charge < -0.3 is 11.1 Å². The molecule has 0 aliphatic carbocycles. The summed E-state index contributed by atoms with van der Waals surface area (Å²) in [6.45, 7) is 0. The third-order valence-corrected chi connectivity index (χ3v) is 2.53. The average Bonchev–Trinajstić information content (AvgIpc) is 2.39. The van der Waals surface area contributed by atoms with E-state index in [9.17, 15) is 22.4 Å².